The van der Waals surface area contributed by atoms with Crippen molar-refractivity contribution >= 4 is 29.4 Å². The van der Waals surface area contributed by atoms with E-state index in [1.165, 1.54) is 24.4 Å². The summed E-state index contributed by atoms with van der Waals surface area (Å²) in [6.45, 7) is 0. The van der Waals surface area contributed by atoms with E-state index in [4.69, 9.17) is 29.4 Å². The standard InChI is InChI=1S/C12H8B3FN4O/c13-12(14,15)10-3-6(2-9(19-10)11(21)20-17)7-1-8(16)5-18-4-7/h1-5H,17H2,(H,20,21). The van der Waals surface area contributed by atoms with Gasteiger partial charge in [-0.15, -0.1) is 0 Å². The molecule has 9 heteroatoms. The van der Waals surface area contributed by atoms with E-state index in [9.17, 15) is 9.18 Å². The highest BCUT2D eigenvalue weighted by Crippen LogP contribution is 2.23. The first-order chi connectivity index (χ1) is 9.81. The Morgan fingerprint density at radius 3 is 2.48 bits per heavy atom. The maximum Gasteiger partial charge on any atom is 0.283 e. The molecule has 21 heavy (non-hydrogen) atoms. The predicted molar refractivity (Wildman–Crippen MR) is 78.0 cm³/mol. The molecule has 0 aliphatic carbocycles. The number of hydrogen-bond acceptors (Lipinski definition) is 4. The van der Waals surface area contributed by atoms with E-state index >= 15 is 0 Å². The number of halogens is 1. The second-order valence-corrected chi connectivity index (χ2v) is 4.42. The Morgan fingerprint density at radius 1 is 1.19 bits per heavy atom. The molecule has 5 nitrogen and oxygen atoms in total. The maximum atomic E-state index is 13.3. The van der Waals surface area contributed by atoms with Crippen molar-refractivity contribution < 1.29 is 9.18 Å². The van der Waals surface area contributed by atoms with Crippen molar-refractivity contribution in [1.29, 1.82) is 0 Å². The number of amides is 1. The van der Waals surface area contributed by atoms with Crippen LogP contribution in [0.15, 0.2) is 30.6 Å². The van der Waals surface area contributed by atoms with Gasteiger partial charge >= 0.3 is 0 Å². The Balaban J connectivity index is 2.63. The van der Waals surface area contributed by atoms with Gasteiger partial charge in [0.15, 0.2) is 0 Å². The molecule has 0 bridgehead atoms. The number of nitrogen functional groups attached to an aromatic ring is 1. The highest BCUT2D eigenvalue weighted by molar-refractivity contribution is 6.58. The minimum Gasteiger partial charge on any atom is -0.289 e. The minimum absolute atomic E-state index is 0.0443. The van der Waals surface area contributed by atoms with Crippen LogP contribution in [0.4, 0.5) is 4.39 Å². The highest BCUT2D eigenvalue weighted by Gasteiger charge is 2.19. The molecular formula is C12H8B3FN4O. The lowest BCUT2D eigenvalue weighted by Gasteiger charge is -2.21. The lowest BCUT2D eigenvalue weighted by atomic mass is 9.41. The highest BCUT2D eigenvalue weighted by atomic mass is 19.1. The van der Waals surface area contributed by atoms with Gasteiger partial charge in [-0.3, -0.25) is 15.2 Å². The summed E-state index contributed by atoms with van der Waals surface area (Å²) in [4.78, 5) is 19.3. The van der Waals surface area contributed by atoms with E-state index in [1.807, 2.05) is 5.43 Å². The minimum atomic E-state index is -1.76. The predicted octanol–water partition coefficient (Wildman–Crippen LogP) is -0.498. The largest absolute Gasteiger partial charge is 0.289 e. The summed E-state index contributed by atoms with van der Waals surface area (Å²) in [6, 6.07) is 4.08. The van der Waals surface area contributed by atoms with Crippen LogP contribution in [0.5, 0.6) is 0 Å². The zero-order chi connectivity index (χ0) is 15.6. The van der Waals surface area contributed by atoms with Crippen LogP contribution in [0, 0.1) is 5.82 Å². The number of carbonyl (C=O) groups excluding carboxylic acids is 1. The van der Waals surface area contributed by atoms with Crippen molar-refractivity contribution in [1.82, 2.24) is 15.4 Å². The molecule has 6 radical (unpaired) electrons. The van der Waals surface area contributed by atoms with Crippen LogP contribution in [0.1, 0.15) is 16.2 Å². The average Bonchev–Trinajstić information content (AvgIpc) is 2.45. The monoisotopic (exact) mass is 276 g/mol. The number of carbonyl (C=O) groups is 1. The van der Waals surface area contributed by atoms with Crippen molar-refractivity contribution in [3.8, 4) is 11.1 Å². The van der Waals surface area contributed by atoms with Gasteiger partial charge in [0.25, 0.3) is 5.91 Å². The van der Waals surface area contributed by atoms with Crippen LogP contribution in [0.25, 0.3) is 11.1 Å². The fraction of sp³-hybridized carbons (Fsp3) is 0.0833. The van der Waals surface area contributed by atoms with Gasteiger partial charge in [-0.25, -0.2) is 15.2 Å². The Kier molecular flexibility index (Phi) is 4.13. The number of aromatic nitrogens is 2. The van der Waals surface area contributed by atoms with Gasteiger partial charge in [0, 0.05) is 17.5 Å². The zero-order valence-electron chi connectivity index (χ0n) is 10.9. The molecule has 0 unspecified atom stereocenters. The molecule has 0 atom stereocenters. The molecule has 0 fully saturated rings. The van der Waals surface area contributed by atoms with Gasteiger partial charge < -0.3 is 0 Å². The fourth-order valence-corrected chi connectivity index (χ4v) is 1.68. The van der Waals surface area contributed by atoms with Gasteiger partial charge in [-0.05, 0) is 23.8 Å². The first kappa shape index (κ1) is 15.2. The molecule has 0 spiro atoms. The van der Waals surface area contributed by atoms with E-state index in [1.54, 1.807) is 0 Å². The Labute approximate surface area is 124 Å². The zero-order valence-corrected chi connectivity index (χ0v) is 10.9. The van der Waals surface area contributed by atoms with E-state index in [-0.39, 0.29) is 11.4 Å². The molecular weight excluding hydrogens is 268 g/mol. The van der Waals surface area contributed by atoms with E-state index in [0.29, 0.717) is 11.1 Å². The van der Waals surface area contributed by atoms with Crippen LogP contribution >= 0.6 is 0 Å². The normalized spacial score (nSPS) is 11.1. The molecule has 1 amide bonds. The van der Waals surface area contributed by atoms with Gasteiger partial charge in [0.1, 0.15) is 11.5 Å². The first-order valence-electron chi connectivity index (χ1n) is 5.82. The SMILES string of the molecule is [B]C([B])([B])c1cc(-c2cncc(F)c2)cc(C(=O)NN)n1. The van der Waals surface area contributed by atoms with E-state index < -0.39 is 16.8 Å². The molecule has 0 saturated carbocycles. The first-order valence-corrected chi connectivity index (χ1v) is 5.82. The molecule has 2 heterocycles. The molecule has 2 aromatic rings. The second-order valence-electron chi connectivity index (χ2n) is 4.42. The maximum absolute atomic E-state index is 13.3. The van der Waals surface area contributed by atoms with Crippen LogP contribution in [-0.2, 0) is 5.11 Å². The lowest BCUT2D eigenvalue weighted by molar-refractivity contribution is 0.0948. The summed E-state index contributed by atoms with van der Waals surface area (Å²) in [5.41, 5.74) is 2.76. The Morgan fingerprint density at radius 2 is 1.90 bits per heavy atom. The van der Waals surface area contributed by atoms with Gasteiger partial charge in [-0.2, -0.15) is 0 Å². The molecule has 0 saturated heterocycles. The van der Waals surface area contributed by atoms with Crippen molar-refractivity contribution in [3.63, 3.8) is 0 Å². The summed E-state index contributed by atoms with van der Waals surface area (Å²) in [5.74, 6) is 3.88. The van der Waals surface area contributed by atoms with Crippen molar-refractivity contribution in [2.24, 2.45) is 5.84 Å². The number of nitrogens with one attached hydrogen (secondary N) is 1. The van der Waals surface area contributed by atoms with Crippen molar-refractivity contribution in [2.45, 2.75) is 5.11 Å². The lowest BCUT2D eigenvalue weighted by Crippen LogP contribution is -2.33. The third kappa shape index (κ3) is 3.49. The van der Waals surface area contributed by atoms with Gasteiger partial charge in [-0.1, -0.05) is 5.11 Å². The number of rotatable bonds is 3. The van der Waals surface area contributed by atoms with E-state index in [0.717, 1.165) is 6.20 Å². The summed E-state index contributed by atoms with van der Waals surface area (Å²) in [6.07, 6.45) is 2.47. The molecule has 2 aromatic heterocycles. The van der Waals surface area contributed by atoms with Crippen LogP contribution in [0.3, 0.4) is 0 Å². The molecule has 0 aromatic carbocycles. The number of hydrogen-bond donors (Lipinski definition) is 2. The smallest absolute Gasteiger partial charge is 0.283 e. The number of hydrazine groups is 1. The second kappa shape index (κ2) is 5.69. The number of pyridine rings is 2. The molecule has 2 rings (SSSR count). The third-order valence-corrected chi connectivity index (χ3v) is 2.67. The fourth-order valence-electron chi connectivity index (χ4n) is 1.68. The van der Waals surface area contributed by atoms with Crippen LogP contribution < -0.4 is 11.3 Å². The summed E-state index contributed by atoms with van der Waals surface area (Å²) >= 11 is 0. The van der Waals surface area contributed by atoms with Gasteiger partial charge in [0.2, 0.25) is 0 Å². The van der Waals surface area contributed by atoms with E-state index in [2.05, 4.69) is 9.97 Å². The Hall–Kier alpha value is -2.15. The topological polar surface area (TPSA) is 80.9 Å². The van der Waals surface area contributed by atoms with Gasteiger partial charge in [0.05, 0.1) is 29.7 Å². The molecule has 98 valence electrons. The Bertz CT molecular complexity index is 690. The summed E-state index contributed by atoms with van der Waals surface area (Å²) in [7, 11) is 16.8. The van der Waals surface area contributed by atoms with Crippen molar-refractivity contribution in [2.75, 3.05) is 0 Å². The molecule has 0 aliphatic heterocycles. The number of nitrogens with zero attached hydrogens (tertiary/aromatic N) is 2. The van der Waals surface area contributed by atoms with Crippen molar-refractivity contribution in [3.05, 3.63) is 47.8 Å². The number of nitrogens with two attached hydrogens (primary N) is 1. The van der Waals surface area contributed by atoms with Crippen LogP contribution in [0.2, 0.25) is 0 Å². The third-order valence-electron chi connectivity index (χ3n) is 2.67. The summed E-state index contributed by atoms with van der Waals surface area (Å²) < 4.78 is 13.3. The molecule has 3 N–H and O–H groups in total. The quantitative estimate of drug-likeness (QED) is 0.343. The summed E-state index contributed by atoms with van der Waals surface area (Å²) in [5, 5.41) is -1.76. The van der Waals surface area contributed by atoms with Crippen LogP contribution in [-0.4, -0.2) is 39.4 Å². The molecule has 0 aliphatic rings. The average molecular weight is 276 g/mol.